The topological polar surface area (TPSA) is 76.2 Å². The third kappa shape index (κ3) is 8.96. The summed E-state index contributed by atoms with van der Waals surface area (Å²) in [6.45, 7) is 17.8. The number of likely N-dealkylation sites (tertiary alicyclic amines) is 1. The quantitative estimate of drug-likeness (QED) is 0.0376. The largest absolute Gasteiger partial charge is 0.413 e. The molecule has 300 valence electrons. The standard InChI is InChI=1S/C48H59N2O5PSi/c1-8-9-25-43(51)47(56(39-19-13-10-14-20-39,40-21-15-11-16-22-40)41-23-17-12-18-24-41)50-42(45(46(50)53)36(2)55-57(6,7)48(3,4)5)34-44(52)38-28-26-37(27-29-38)35-49-30-32-54-33-31-49/h8,10-24,26-29,36,42,45H,1,9,25,30-35H2,2-7H3/t36-,42-,45-/m1/s1. The van der Waals surface area contributed by atoms with Gasteiger partial charge in [0.25, 0.3) is 0 Å². The van der Waals surface area contributed by atoms with Crippen LogP contribution in [0.1, 0.15) is 62.9 Å². The molecule has 0 saturated carbocycles. The predicted molar refractivity (Wildman–Crippen MR) is 238 cm³/mol. The van der Waals surface area contributed by atoms with E-state index >= 15 is 9.59 Å². The Morgan fingerprint density at radius 3 is 1.84 bits per heavy atom. The molecular formula is C48H59N2O5PSi. The molecule has 0 bridgehead atoms. The number of Topliss-reactive ketones (excluding diaryl/α,β-unsaturated/α-hetero) is 2. The van der Waals surface area contributed by atoms with Crippen molar-refractivity contribution in [1.29, 1.82) is 0 Å². The lowest BCUT2D eigenvalue weighted by Gasteiger charge is -2.53. The van der Waals surface area contributed by atoms with Crippen molar-refractivity contribution in [2.24, 2.45) is 5.92 Å². The molecule has 2 aliphatic heterocycles. The van der Waals surface area contributed by atoms with Gasteiger partial charge >= 0.3 is 0 Å². The van der Waals surface area contributed by atoms with Crippen LogP contribution >= 0.6 is 6.89 Å². The summed E-state index contributed by atoms with van der Waals surface area (Å²) in [7, 11) is -2.33. The maximum atomic E-state index is 15.2. The number of hydrogen-bond donors (Lipinski definition) is 0. The lowest BCUT2D eigenvalue weighted by atomic mass is 9.79. The molecule has 0 radical (unpaired) electrons. The van der Waals surface area contributed by atoms with Gasteiger partial charge in [-0.15, -0.1) is 6.58 Å². The molecule has 0 unspecified atom stereocenters. The monoisotopic (exact) mass is 802 g/mol. The van der Waals surface area contributed by atoms with Crippen molar-refractivity contribution in [3.63, 3.8) is 0 Å². The summed E-state index contributed by atoms with van der Waals surface area (Å²) < 4.78 is 12.5. The molecule has 57 heavy (non-hydrogen) atoms. The maximum Gasteiger partial charge on any atom is 0.235 e. The molecule has 3 atom stereocenters. The summed E-state index contributed by atoms with van der Waals surface area (Å²) in [6, 6.07) is 37.7. The number of benzene rings is 4. The number of carbonyl (C=O) groups excluding carboxylic acids is 3. The molecule has 0 aromatic heterocycles. The molecule has 0 N–H and O–H groups in total. The first-order chi connectivity index (χ1) is 27.3. The normalized spacial score (nSPS) is 18.4. The van der Waals surface area contributed by atoms with Crippen LogP contribution in [0.3, 0.4) is 0 Å². The molecule has 1 amide bonds. The highest BCUT2D eigenvalue weighted by Crippen LogP contribution is 2.51. The smallest absolute Gasteiger partial charge is 0.235 e. The van der Waals surface area contributed by atoms with Gasteiger partial charge in [0.15, 0.2) is 19.9 Å². The van der Waals surface area contributed by atoms with Gasteiger partial charge in [0, 0.05) is 44.9 Å². The van der Waals surface area contributed by atoms with Gasteiger partial charge < -0.3 is 14.1 Å². The van der Waals surface area contributed by atoms with Gasteiger partial charge in [-0.25, -0.2) is 0 Å². The lowest BCUT2D eigenvalue weighted by Crippen LogP contribution is -2.69. The molecule has 4 aromatic rings. The number of carbonyl (C=O) groups is 3. The number of allylic oxidation sites excluding steroid dienone is 1. The second-order valence-corrected chi connectivity index (χ2v) is 24.9. The zero-order valence-electron chi connectivity index (χ0n) is 34.5. The van der Waals surface area contributed by atoms with Gasteiger partial charge in [-0.2, -0.15) is 0 Å². The number of rotatable bonds is 16. The Morgan fingerprint density at radius 1 is 0.860 bits per heavy atom. The van der Waals surface area contributed by atoms with E-state index in [0.29, 0.717) is 17.4 Å². The molecule has 4 aromatic carbocycles. The van der Waals surface area contributed by atoms with E-state index in [4.69, 9.17) is 9.16 Å². The van der Waals surface area contributed by atoms with Crippen molar-refractivity contribution in [2.45, 2.75) is 83.8 Å². The number of ether oxygens (including phenoxy) is 1. The number of ketones is 2. The molecule has 0 spiro atoms. The van der Waals surface area contributed by atoms with Crippen LogP contribution in [0.5, 0.6) is 0 Å². The first-order valence-electron chi connectivity index (χ1n) is 20.3. The van der Waals surface area contributed by atoms with E-state index in [1.807, 2.05) is 85.8 Å². The summed E-state index contributed by atoms with van der Waals surface area (Å²) in [5.41, 5.74) is 2.19. The Hall–Kier alpha value is -4.17. The van der Waals surface area contributed by atoms with E-state index < -0.39 is 33.3 Å². The van der Waals surface area contributed by atoms with E-state index in [9.17, 15) is 4.79 Å². The van der Waals surface area contributed by atoms with E-state index in [0.717, 1.165) is 54.3 Å². The second-order valence-electron chi connectivity index (χ2n) is 16.8. The van der Waals surface area contributed by atoms with Crippen LogP contribution in [0, 0.1) is 5.92 Å². The fourth-order valence-corrected chi connectivity index (χ4v) is 14.0. The maximum absolute atomic E-state index is 15.2. The SMILES string of the molecule is C=CCCC(=O)C(N1C(=O)[C@H]([C@@H](C)O[Si](C)(C)C(C)(C)C)[C@H]1CC(=O)c1ccc(CN2CCOCC2)cc1)=P(c1ccccc1)(c1ccccc1)c1ccccc1. The highest BCUT2D eigenvalue weighted by atomic mass is 31.2. The van der Waals surface area contributed by atoms with E-state index in [-0.39, 0.29) is 35.4 Å². The highest BCUT2D eigenvalue weighted by molar-refractivity contribution is 7.96. The lowest BCUT2D eigenvalue weighted by molar-refractivity contribution is -0.154. The van der Waals surface area contributed by atoms with Crippen LogP contribution in [0.25, 0.3) is 0 Å². The molecule has 2 fully saturated rings. The molecule has 2 aliphatic rings. The van der Waals surface area contributed by atoms with Gasteiger partial charge in [-0.3, -0.25) is 19.3 Å². The third-order valence-corrected chi connectivity index (χ3v) is 20.9. The van der Waals surface area contributed by atoms with Gasteiger partial charge in [-0.1, -0.05) is 142 Å². The molecule has 9 heteroatoms. The fourth-order valence-electron chi connectivity index (χ4n) is 7.99. The van der Waals surface area contributed by atoms with Gasteiger partial charge in [-0.05, 0) is 53.0 Å². The van der Waals surface area contributed by atoms with E-state index in [1.165, 1.54) is 0 Å². The Labute approximate surface area is 341 Å². The number of nitrogens with zero attached hydrogens (tertiary/aromatic N) is 2. The first kappa shape index (κ1) is 42.4. The summed E-state index contributed by atoms with van der Waals surface area (Å²) in [4.78, 5) is 49.1. The Bertz CT molecular complexity index is 1970. The van der Waals surface area contributed by atoms with Crippen LogP contribution in [0.2, 0.25) is 18.1 Å². The first-order valence-corrected chi connectivity index (χ1v) is 25.0. The number of hydrogen-bond acceptors (Lipinski definition) is 6. The van der Waals surface area contributed by atoms with Crippen molar-refractivity contribution in [3.8, 4) is 0 Å². The summed E-state index contributed by atoms with van der Waals surface area (Å²) >= 11 is 0. The summed E-state index contributed by atoms with van der Waals surface area (Å²) in [5, 5.41) is 2.81. The van der Waals surface area contributed by atoms with Crippen molar-refractivity contribution in [3.05, 3.63) is 139 Å². The van der Waals surface area contributed by atoms with Gasteiger partial charge in [0.1, 0.15) is 0 Å². The molecule has 6 rings (SSSR count). The van der Waals surface area contributed by atoms with Gasteiger partial charge in [0.05, 0.1) is 36.7 Å². The number of β-lactam (4-membered cyclic amide) rings is 1. The van der Waals surface area contributed by atoms with Crippen molar-refractivity contribution < 1.29 is 23.5 Å². The minimum absolute atomic E-state index is 0.0566. The Morgan fingerprint density at radius 2 is 1.37 bits per heavy atom. The van der Waals surface area contributed by atoms with Crippen LogP contribution in [-0.4, -0.2) is 79.5 Å². The Balaban J connectivity index is 1.54. The summed E-state index contributed by atoms with van der Waals surface area (Å²) in [5.74, 6) is -0.973. The second kappa shape index (κ2) is 18.2. The Kier molecular flexibility index (Phi) is 13.5. The number of amides is 1. The zero-order valence-corrected chi connectivity index (χ0v) is 36.4. The average Bonchev–Trinajstić information content (AvgIpc) is 3.21. The molecule has 0 aliphatic carbocycles. The van der Waals surface area contributed by atoms with Crippen molar-refractivity contribution in [1.82, 2.24) is 9.80 Å². The third-order valence-electron chi connectivity index (χ3n) is 12.0. The highest BCUT2D eigenvalue weighted by Gasteiger charge is 2.56. The van der Waals surface area contributed by atoms with Crippen LogP contribution in [0.15, 0.2) is 128 Å². The van der Waals surface area contributed by atoms with E-state index in [1.54, 1.807) is 11.0 Å². The molecule has 2 saturated heterocycles. The minimum Gasteiger partial charge on any atom is -0.413 e. The van der Waals surface area contributed by atoms with Crippen LogP contribution in [0.4, 0.5) is 0 Å². The number of morpholine rings is 1. The average molecular weight is 803 g/mol. The summed E-state index contributed by atoms with van der Waals surface area (Å²) in [6.07, 6.45) is 1.98. The van der Waals surface area contributed by atoms with Crippen molar-refractivity contribution in [2.75, 3.05) is 26.3 Å². The molecular weight excluding hydrogens is 744 g/mol. The van der Waals surface area contributed by atoms with E-state index in [2.05, 4.69) is 81.7 Å². The molecule has 7 nitrogen and oxygen atoms in total. The van der Waals surface area contributed by atoms with Crippen molar-refractivity contribution >= 4 is 54.0 Å². The predicted octanol–water partition coefficient (Wildman–Crippen LogP) is 7.99. The van der Waals surface area contributed by atoms with Crippen LogP contribution in [-0.2, 0) is 25.3 Å². The van der Waals surface area contributed by atoms with Crippen LogP contribution < -0.4 is 15.9 Å². The fraction of sp³-hybridized carbons (Fsp3) is 0.375. The zero-order chi connectivity index (χ0) is 40.8. The minimum atomic E-state index is -3.04. The molecule has 2 heterocycles. The van der Waals surface area contributed by atoms with Gasteiger partial charge in [0.2, 0.25) is 5.91 Å².